The van der Waals surface area contributed by atoms with E-state index < -0.39 is 5.41 Å². The minimum absolute atomic E-state index is 0.254. The second kappa shape index (κ2) is 4.34. The molecule has 0 N–H and O–H groups in total. The highest BCUT2D eigenvalue weighted by atomic mass is 16.5. The maximum absolute atomic E-state index is 11.6. The molecule has 0 saturated heterocycles. The molecule has 0 aliphatic rings. The lowest BCUT2D eigenvalue weighted by Gasteiger charge is -2.16. The molecule has 82 valence electrons. The van der Waals surface area contributed by atoms with Crippen LogP contribution >= 0.6 is 0 Å². The molecular formula is C12H16O3. The van der Waals surface area contributed by atoms with Crippen LogP contribution in [-0.2, 0) is 4.79 Å². The van der Waals surface area contributed by atoms with E-state index >= 15 is 0 Å². The van der Waals surface area contributed by atoms with Crippen LogP contribution in [0, 0.1) is 5.41 Å². The number of esters is 1. The maximum Gasteiger partial charge on any atom is 0.316 e. The van der Waals surface area contributed by atoms with Gasteiger partial charge in [-0.15, -0.1) is 0 Å². The topological polar surface area (TPSA) is 35.5 Å². The van der Waals surface area contributed by atoms with Crippen LogP contribution in [0.15, 0.2) is 24.3 Å². The molecule has 0 spiro atoms. The van der Waals surface area contributed by atoms with Crippen molar-refractivity contribution in [3.63, 3.8) is 0 Å². The molecule has 0 saturated carbocycles. The summed E-state index contributed by atoms with van der Waals surface area (Å²) in [6, 6.07) is 6.99. The zero-order valence-corrected chi connectivity index (χ0v) is 9.53. The van der Waals surface area contributed by atoms with Crippen LogP contribution < -0.4 is 9.47 Å². The van der Waals surface area contributed by atoms with Gasteiger partial charge in [-0.1, -0.05) is 6.07 Å². The van der Waals surface area contributed by atoms with Gasteiger partial charge in [-0.25, -0.2) is 0 Å². The number of hydrogen-bond donors (Lipinski definition) is 0. The first kappa shape index (κ1) is 11.6. The third-order valence-corrected chi connectivity index (χ3v) is 1.86. The number of hydrogen-bond acceptors (Lipinski definition) is 3. The number of carbonyl (C=O) groups is 1. The van der Waals surface area contributed by atoms with E-state index in [1.54, 1.807) is 31.4 Å². The van der Waals surface area contributed by atoms with Crippen LogP contribution in [-0.4, -0.2) is 13.1 Å². The minimum atomic E-state index is -0.497. The lowest BCUT2D eigenvalue weighted by Crippen LogP contribution is -2.25. The smallest absolute Gasteiger partial charge is 0.316 e. The number of carbonyl (C=O) groups excluding carboxylic acids is 1. The van der Waals surface area contributed by atoms with E-state index in [4.69, 9.17) is 9.47 Å². The van der Waals surface area contributed by atoms with Crippen LogP contribution in [0.3, 0.4) is 0 Å². The summed E-state index contributed by atoms with van der Waals surface area (Å²) in [5, 5.41) is 0. The van der Waals surface area contributed by atoms with Gasteiger partial charge in [-0.05, 0) is 32.9 Å². The fourth-order valence-electron chi connectivity index (χ4n) is 0.925. The van der Waals surface area contributed by atoms with Crippen LogP contribution in [0.1, 0.15) is 20.8 Å². The molecule has 0 bridgehead atoms. The van der Waals surface area contributed by atoms with Crippen molar-refractivity contribution in [2.75, 3.05) is 7.11 Å². The largest absolute Gasteiger partial charge is 0.497 e. The number of rotatable bonds is 2. The Hall–Kier alpha value is -1.51. The Morgan fingerprint density at radius 3 is 2.33 bits per heavy atom. The van der Waals surface area contributed by atoms with Gasteiger partial charge in [0.15, 0.2) is 0 Å². The van der Waals surface area contributed by atoms with Crippen LogP contribution in [0.4, 0.5) is 0 Å². The number of ether oxygens (including phenoxy) is 2. The second-order valence-electron chi connectivity index (χ2n) is 4.32. The summed E-state index contributed by atoms with van der Waals surface area (Å²) in [4.78, 5) is 11.6. The standard InChI is InChI=1S/C12H16O3/c1-12(2,3)11(13)15-10-7-5-6-9(8-10)14-4/h5-8H,1-4H3. The minimum Gasteiger partial charge on any atom is -0.497 e. The van der Waals surface area contributed by atoms with Crippen molar-refractivity contribution < 1.29 is 14.3 Å². The fraction of sp³-hybridized carbons (Fsp3) is 0.417. The summed E-state index contributed by atoms with van der Waals surface area (Å²) in [5.41, 5.74) is -0.497. The molecule has 0 radical (unpaired) electrons. The highest BCUT2D eigenvalue weighted by molar-refractivity contribution is 5.77. The van der Waals surface area contributed by atoms with E-state index in [1.165, 1.54) is 0 Å². The monoisotopic (exact) mass is 208 g/mol. The molecule has 0 unspecified atom stereocenters. The predicted octanol–water partition coefficient (Wildman–Crippen LogP) is 2.65. The molecule has 0 aromatic heterocycles. The van der Waals surface area contributed by atoms with Crippen molar-refractivity contribution in [2.24, 2.45) is 5.41 Å². The molecule has 3 heteroatoms. The Balaban J connectivity index is 2.77. The Kier molecular flexibility index (Phi) is 3.35. The molecule has 1 aromatic rings. The van der Waals surface area contributed by atoms with Gasteiger partial charge >= 0.3 is 5.97 Å². The first-order valence-electron chi connectivity index (χ1n) is 4.80. The van der Waals surface area contributed by atoms with Gasteiger partial charge in [0.2, 0.25) is 0 Å². The summed E-state index contributed by atoms with van der Waals surface area (Å²) < 4.78 is 10.2. The third-order valence-electron chi connectivity index (χ3n) is 1.86. The van der Waals surface area contributed by atoms with Crippen molar-refractivity contribution in [1.82, 2.24) is 0 Å². The lowest BCUT2D eigenvalue weighted by atomic mass is 9.97. The summed E-state index contributed by atoms with van der Waals surface area (Å²) >= 11 is 0. The number of methoxy groups -OCH3 is 1. The van der Waals surface area contributed by atoms with Crippen molar-refractivity contribution in [3.8, 4) is 11.5 Å². The van der Waals surface area contributed by atoms with Gasteiger partial charge in [-0.2, -0.15) is 0 Å². The molecule has 0 aliphatic heterocycles. The molecular weight excluding hydrogens is 192 g/mol. The summed E-state index contributed by atoms with van der Waals surface area (Å²) in [6.45, 7) is 5.44. The van der Waals surface area contributed by atoms with Gasteiger partial charge in [0.05, 0.1) is 12.5 Å². The van der Waals surface area contributed by atoms with E-state index in [-0.39, 0.29) is 5.97 Å². The lowest BCUT2D eigenvalue weighted by molar-refractivity contribution is -0.142. The van der Waals surface area contributed by atoms with Crippen molar-refractivity contribution in [1.29, 1.82) is 0 Å². The highest BCUT2D eigenvalue weighted by Crippen LogP contribution is 2.22. The Morgan fingerprint density at radius 1 is 1.20 bits per heavy atom. The highest BCUT2D eigenvalue weighted by Gasteiger charge is 2.23. The van der Waals surface area contributed by atoms with Gasteiger partial charge in [0, 0.05) is 6.07 Å². The molecule has 0 atom stereocenters. The maximum atomic E-state index is 11.6. The SMILES string of the molecule is COc1cccc(OC(=O)C(C)(C)C)c1. The van der Waals surface area contributed by atoms with Crippen molar-refractivity contribution in [3.05, 3.63) is 24.3 Å². The Labute approximate surface area is 90.0 Å². The summed E-state index contributed by atoms with van der Waals surface area (Å²) in [7, 11) is 1.57. The molecule has 0 heterocycles. The van der Waals surface area contributed by atoms with Crippen LogP contribution in [0.5, 0.6) is 11.5 Å². The van der Waals surface area contributed by atoms with E-state index in [0.29, 0.717) is 11.5 Å². The second-order valence-corrected chi connectivity index (χ2v) is 4.32. The molecule has 0 fully saturated rings. The third kappa shape index (κ3) is 3.27. The average Bonchev–Trinajstić information content (AvgIpc) is 2.16. The van der Waals surface area contributed by atoms with Crippen LogP contribution in [0.25, 0.3) is 0 Å². The van der Waals surface area contributed by atoms with Gasteiger partial charge < -0.3 is 9.47 Å². The zero-order valence-electron chi connectivity index (χ0n) is 9.53. The fourth-order valence-corrected chi connectivity index (χ4v) is 0.925. The first-order valence-corrected chi connectivity index (χ1v) is 4.80. The quantitative estimate of drug-likeness (QED) is 0.553. The van der Waals surface area contributed by atoms with Crippen LogP contribution in [0.2, 0.25) is 0 Å². The number of benzene rings is 1. The summed E-state index contributed by atoms with van der Waals surface area (Å²) in [6.07, 6.45) is 0. The van der Waals surface area contributed by atoms with Crippen molar-refractivity contribution >= 4 is 5.97 Å². The first-order chi connectivity index (χ1) is 6.93. The van der Waals surface area contributed by atoms with Gasteiger partial charge in [-0.3, -0.25) is 4.79 Å². The van der Waals surface area contributed by atoms with Gasteiger partial charge in [0.25, 0.3) is 0 Å². The average molecular weight is 208 g/mol. The molecule has 0 aliphatic carbocycles. The Morgan fingerprint density at radius 2 is 1.80 bits per heavy atom. The molecule has 1 aromatic carbocycles. The van der Waals surface area contributed by atoms with Crippen molar-refractivity contribution in [2.45, 2.75) is 20.8 Å². The molecule has 15 heavy (non-hydrogen) atoms. The molecule has 0 amide bonds. The molecule has 1 rings (SSSR count). The van der Waals surface area contributed by atoms with Gasteiger partial charge in [0.1, 0.15) is 11.5 Å². The van der Waals surface area contributed by atoms with E-state index in [2.05, 4.69) is 0 Å². The predicted molar refractivity (Wildman–Crippen MR) is 58.1 cm³/mol. The van der Waals surface area contributed by atoms with E-state index in [1.807, 2.05) is 20.8 Å². The van der Waals surface area contributed by atoms with E-state index in [0.717, 1.165) is 0 Å². The normalized spacial score (nSPS) is 10.9. The Bertz CT molecular complexity index is 350. The zero-order chi connectivity index (χ0) is 11.5. The summed E-state index contributed by atoms with van der Waals surface area (Å²) in [5.74, 6) is 0.930. The van der Waals surface area contributed by atoms with E-state index in [9.17, 15) is 4.79 Å². The molecule has 3 nitrogen and oxygen atoms in total.